The van der Waals surface area contributed by atoms with E-state index in [1.165, 1.54) is 12.3 Å². The number of hydrogen-bond acceptors (Lipinski definition) is 7. The van der Waals surface area contributed by atoms with Crippen molar-refractivity contribution in [2.24, 2.45) is 5.92 Å². The molecule has 3 atom stereocenters. The first kappa shape index (κ1) is 18.8. The second-order valence-corrected chi connectivity index (χ2v) is 6.31. The normalized spacial score (nSPS) is 24.0. The fourth-order valence-corrected chi connectivity index (χ4v) is 3.18. The van der Waals surface area contributed by atoms with Crippen LogP contribution in [-0.2, 0) is 19.0 Å². The van der Waals surface area contributed by atoms with Crippen LogP contribution in [0.25, 0.3) is 0 Å². The monoisotopic (exact) mass is 374 g/mol. The summed E-state index contributed by atoms with van der Waals surface area (Å²) in [5.74, 6) is 0.986. The Balaban J connectivity index is 1.58. The van der Waals surface area contributed by atoms with Crippen LogP contribution in [0.1, 0.15) is 19.3 Å². The van der Waals surface area contributed by atoms with Crippen LogP contribution in [0.3, 0.4) is 0 Å². The molecule has 1 aliphatic carbocycles. The van der Waals surface area contributed by atoms with E-state index in [1.54, 1.807) is 31.4 Å². The molecule has 7 heteroatoms. The fourth-order valence-electron chi connectivity index (χ4n) is 3.18. The molecule has 0 saturated heterocycles. The Kier molecular flexibility index (Phi) is 6.01. The average Bonchev–Trinajstić information content (AvgIpc) is 2.69. The van der Waals surface area contributed by atoms with E-state index in [1.807, 2.05) is 0 Å². The van der Waals surface area contributed by atoms with Crippen molar-refractivity contribution in [2.75, 3.05) is 13.7 Å². The summed E-state index contributed by atoms with van der Waals surface area (Å²) < 4.78 is 26.5. The van der Waals surface area contributed by atoms with Crippen molar-refractivity contribution < 1.29 is 33.3 Å². The van der Waals surface area contributed by atoms with Gasteiger partial charge in [0.2, 0.25) is 11.5 Å². The Morgan fingerprint density at radius 2 is 2.00 bits per heavy atom. The number of ketones is 1. The van der Waals surface area contributed by atoms with Gasteiger partial charge in [0.15, 0.2) is 0 Å². The lowest BCUT2D eigenvalue weighted by atomic mass is 9.80. The molecule has 3 unspecified atom stereocenters. The molecule has 1 aliphatic heterocycles. The second kappa shape index (κ2) is 8.62. The summed E-state index contributed by atoms with van der Waals surface area (Å²) in [5.41, 5.74) is 0. The van der Waals surface area contributed by atoms with Gasteiger partial charge in [0.05, 0.1) is 13.0 Å². The lowest BCUT2D eigenvalue weighted by Crippen LogP contribution is -2.43. The molecule has 144 valence electrons. The molecule has 0 bridgehead atoms. The molecule has 0 aromatic heterocycles. The van der Waals surface area contributed by atoms with Crippen LogP contribution < -0.4 is 9.47 Å². The number of methoxy groups -OCH3 is 1. The van der Waals surface area contributed by atoms with Crippen LogP contribution in [0.15, 0.2) is 48.9 Å². The topological polar surface area (TPSA) is 80.3 Å². The van der Waals surface area contributed by atoms with Gasteiger partial charge < -0.3 is 23.7 Å². The summed E-state index contributed by atoms with van der Waals surface area (Å²) in [6, 6.07) is 6.94. The second-order valence-electron chi connectivity index (χ2n) is 6.31. The molecular weight excluding hydrogens is 352 g/mol. The van der Waals surface area contributed by atoms with Gasteiger partial charge in [-0.25, -0.2) is 4.79 Å². The third kappa shape index (κ3) is 4.61. The third-order valence-electron chi connectivity index (χ3n) is 4.54. The Labute approximate surface area is 157 Å². The molecule has 0 N–H and O–H groups in total. The van der Waals surface area contributed by atoms with Gasteiger partial charge in [-0.05, 0) is 37.1 Å². The number of Topliss-reactive ketones (excluding diaryl/α,β-unsaturated/α-hetero) is 1. The molecule has 0 spiro atoms. The molecule has 2 aliphatic rings. The van der Waals surface area contributed by atoms with Crippen molar-refractivity contribution in [1.29, 1.82) is 0 Å². The number of ether oxygens (including phenoxy) is 5. The highest BCUT2D eigenvalue weighted by atomic mass is 16.7. The zero-order valence-corrected chi connectivity index (χ0v) is 15.1. The molecule has 1 heterocycles. The molecule has 1 saturated carbocycles. The van der Waals surface area contributed by atoms with Crippen LogP contribution >= 0.6 is 0 Å². The van der Waals surface area contributed by atoms with Crippen molar-refractivity contribution in [3.8, 4) is 11.5 Å². The summed E-state index contributed by atoms with van der Waals surface area (Å²) >= 11 is 0. The standard InChI is InChI=1S/C20H22O7/c1-3-10-24-20(22)27-15-8-9-16-17(11-15)25-12-18(19(16)21)26-14-6-4-13(23-2)5-7-14/h3-7,12,15-17H,1,8-11H2,2H3. The highest BCUT2D eigenvalue weighted by Gasteiger charge is 2.42. The van der Waals surface area contributed by atoms with E-state index in [9.17, 15) is 9.59 Å². The number of carbonyl (C=O) groups excluding carboxylic acids is 2. The molecular formula is C20H22O7. The maximum atomic E-state index is 12.7. The van der Waals surface area contributed by atoms with Gasteiger partial charge in [0, 0.05) is 6.42 Å². The number of fused-ring (bicyclic) bond motifs is 1. The largest absolute Gasteiger partial charge is 0.508 e. The first-order valence-corrected chi connectivity index (χ1v) is 8.76. The number of rotatable bonds is 6. The SMILES string of the molecule is C=CCOC(=O)OC1CCC2C(=O)C(Oc3ccc(OC)cc3)=COC2C1. The van der Waals surface area contributed by atoms with Crippen LogP contribution in [0.5, 0.6) is 11.5 Å². The zero-order chi connectivity index (χ0) is 19.2. The Bertz CT molecular complexity index is 722. The lowest BCUT2D eigenvalue weighted by Gasteiger charge is -2.36. The summed E-state index contributed by atoms with van der Waals surface area (Å²) in [7, 11) is 1.58. The van der Waals surface area contributed by atoms with Gasteiger partial charge in [-0.1, -0.05) is 12.7 Å². The average molecular weight is 374 g/mol. The number of allylic oxidation sites excluding steroid dienone is 1. The van der Waals surface area contributed by atoms with Crippen molar-refractivity contribution in [1.82, 2.24) is 0 Å². The molecule has 1 aromatic rings. The minimum absolute atomic E-state index is 0.0986. The Morgan fingerprint density at radius 3 is 2.70 bits per heavy atom. The summed E-state index contributed by atoms with van der Waals surface area (Å²) in [4.78, 5) is 24.3. The summed E-state index contributed by atoms with van der Waals surface area (Å²) in [6.45, 7) is 3.57. The third-order valence-corrected chi connectivity index (χ3v) is 4.54. The molecule has 27 heavy (non-hydrogen) atoms. The van der Waals surface area contributed by atoms with E-state index in [4.69, 9.17) is 23.7 Å². The van der Waals surface area contributed by atoms with Crippen LogP contribution in [0.2, 0.25) is 0 Å². The minimum atomic E-state index is -0.737. The molecule has 1 fully saturated rings. The first-order chi connectivity index (χ1) is 13.1. The maximum Gasteiger partial charge on any atom is 0.508 e. The predicted octanol–water partition coefficient (Wildman–Crippen LogP) is 3.39. The molecule has 7 nitrogen and oxygen atoms in total. The molecule has 1 aromatic carbocycles. The zero-order valence-electron chi connectivity index (χ0n) is 15.1. The Morgan fingerprint density at radius 1 is 1.26 bits per heavy atom. The number of hydrogen-bond donors (Lipinski definition) is 0. The van der Waals surface area contributed by atoms with E-state index in [2.05, 4.69) is 6.58 Å². The van der Waals surface area contributed by atoms with E-state index in [0.29, 0.717) is 30.8 Å². The number of carbonyl (C=O) groups is 2. The highest BCUT2D eigenvalue weighted by Crippen LogP contribution is 2.35. The number of benzene rings is 1. The summed E-state index contributed by atoms with van der Waals surface area (Å²) in [5, 5.41) is 0. The molecule has 0 radical (unpaired) electrons. The van der Waals surface area contributed by atoms with Crippen molar-refractivity contribution in [2.45, 2.75) is 31.5 Å². The first-order valence-electron chi connectivity index (χ1n) is 8.76. The van der Waals surface area contributed by atoms with E-state index in [-0.39, 0.29) is 36.3 Å². The van der Waals surface area contributed by atoms with Crippen molar-refractivity contribution in [3.63, 3.8) is 0 Å². The Hall–Kier alpha value is -2.96. The van der Waals surface area contributed by atoms with Crippen LogP contribution in [-0.4, -0.2) is 37.9 Å². The van der Waals surface area contributed by atoms with E-state index >= 15 is 0 Å². The molecule has 0 amide bonds. The van der Waals surface area contributed by atoms with E-state index in [0.717, 1.165) is 0 Å². The van der Waals surface area contributed by atoms with E-state index < -0.39 is 6.16 Å². The fraction of sp³-hybridized carbons (Fsp3) is 0.400. The lowest BCUT2D eigenvalue weighted by molar-refractivity contribution is -0.132. The predicted molar refractivity (Wildman–Crippen MR) is 95.3 cm³/mol. The van der Waals surface area contributed by atoms with Gasteiger partial charge >= 0.3 is 6.16 Å². The quantitative estimate of drug-likeness (QED) is 0.558. The van der Waals surface area contributed by atoms with Crippen molar-refractivity contribution in [3.05, 3.63) is 48.9 Å². The smallest absolute Gasteiger partial charge is 0.497 e. The van der Waals surface area contributed by atoms with Crippen molar-refractivity contribution >= 4 is 11.9 Å². The van der Waals surface area contributed by atoms with Gasteiger partial charge in [-0.3, -0.25) is 4.79 Å². The van der Waals surface area contributed by atoms with Gasteiger partial charge in [-0.15, -0.1) is 0 Å². The minimum Gasteiger partial charge on any atom is -0.497 e. The summed E-state index contributed by atoms with van der Waals surface area (Å²) in [6.07, 6.45) is 2.94. The molecule has 3 rings (SSSR count). The maximum absolute atomic E-state index is 12.7. The van der Waals surface area contributed by atoms with Crippen LogP contribution in [0.4, 0.5) is 4.79 Å². The highest BCUT2D eigenvalue weighted by molar-refractivity contribution is 5.96. The van der Waals surface area contributed by atoms with Gasteiger partial charge in [-0.2, -0.15) is 0 Å². The van der Waals surface area contributed by atoms with Gasteiger partial charge in [0.1, 0.15) is 36.6 Å². The van der Waals surface area contributed by atoms with Gasteiger partial charge in [0.25, 0.3) is 0 Å². The van der Waals surface area contributed by atoms with Crippen LogP contribution in [0, 0.1) is 5.92 Å².